The summed E-state index contributed by atoms with van der Waals surface area (Å²) in [6, 6.07) is 13.2. The summed E-state index contributed by atoms with van der Waals surface area (Å²) in [5.74, 6) is -0.653. The van der Waals surface area contributed by atoms with Crippen LogP contribution in [0.1, 0.15) is 12.0 Å². The molecule has 0 aliphatic rings. The monoisotopic (exact) mass is 381 g/mol. The molecule has 0 saturated heterocycles. The van der Waals surface area contributed by atoms with Crippen LogP contribution in [0.15, 0.2) is 53.4 Å². The van der Waals surface area contributed by atoms with Crippen LogP contribution in [0.2, 0.25) is 5.02 Å². The molecule has 2 rings (SSSR count). The van der Waals surface area contributed by atoms with E-state index in [-0.39, 0.29) is 31.3 Å². The van der Waals surface area contributed by atoms with E-state index in [1.54, 1.807) is 30.3 Å². The minimum atomic E-state index is -0.456. The van der Waals surface area contributed by atoms with Crippen LogP contribution in [0.5, 0.6) is 0 Å². The second-order valence-electron chi connectivity index (χ2n) is 5.08. The molecule has 25 heavy (non-hydrogen) atoms. The van der Waals surface area contributed by atoms with E-state index < -0.39 is 5.97 Å². The third kappa shape index (κ3) is 7.15. The molecule has 7 heteroatoms. The van der Waals surface area contributed by atoms with E-state index in [0.29, 0.717) is 10.8 Å². The highest BCUT2D eigenvalue weighted by molar-refractivity contribution is 7.99. The van der Waals surface area contributed by atoms with Crippen LogP contribution >= 0.6 is 23.4 Å². The molecule has 0 fully saturated rings. The Morgan fingerprint density at radius 1 is 1.12 bits per heavy atom. The van der Waals surface area contributed by atoms with E-state index in [1.165, 1.54) is 23.9 Å². The van der Waals surface area contributed by atoms with Gasteiger partial charge in [-0.1, -0.05) is 29.8 Å². The number of hydrogen-bond acceptors (Lipinski definition) is 4. The SMILES string of the molecule is O=C(COC(=O)CCSc1ccc(F)cc1)NCc1ccccc1Cl. The third-order valence-electron chi connectivity index (χ3n) is 3.19. The highest BCUT2D eigenvalue weighted by Gasteiger charge is 2.08. The fraction of sp³-hybridized carbons (Fsp3) is 0.222. The summed E-state index contributed by atoms with van der Waals surface area (Å²) in [7, 11) is 0. The van der Waals surface area contributed by atoms with Crippen molar-refractivity contribution in [2.75, 3.05) is 12.4 Å². The molecule has 0 heterocycles. The van der Waals surface area contributed by atoms with E-state index in [1.807, 2.05) is 6.07 Å². The van der Waals surface area contributed by atoms with E-state index in [2.05, 4.69) is 5.32 Å². The van der Waals surface area contributed by atoms with Crippen molar-refractivity contribution in [1.82, 2.24) is 5.32 Å². The van der Waals surface area contributed by atoms with E-state index in [4.69, 9.17) is 16.3 Å². The molecule has 0 aliphatic heterocycles. The smallest absolute Gasteiger partial charge is 0.307 e. The minimum absolute atomic E-state index is 0.167. The number of thioether (sulfide) groups is 1. The summed E-state index contributed by atoms with van der Waals surface area (Å²) in [6.07, 6.45) is 0.167. The molecule has 0 radical (unpaired) electrons. The Hall–Kier alpha value is -2.05. The van der Waals surface area contributed by atoms with Crippen LogP contribution in [0, 0.1) is 5.82 Å². The maximum Gasteiger partial charge on any atom is 0.307 e. The summed E-state index contributed by atoms with van der Waals surface area (Å²) in [6.45, 7) is -0.0546. The van der Waals surface area contributed by atoms with Gasteiger partial charge in [0.05, 0.1) is 6.42 Å². The number of hydrogen-bond donors (Lipinski definition) is 1. The predicted octanol–water partition coefficient (Wildman–Crippen LogP) is 3.82. The lowest BCUT2D eigenvalue weighted by Crippen LogP contribution is -2.28. The summed E-state index contributed by atoms with van der Waals surface area (Å²) in [5, 5.41) is 3.21. The largest absolute Gasteiger partial charge is 0.456 e. The van der Waals surface area contributed by atoms with Gasteiger partial charge in [0, 0.05) is 22.2 Å². The zero-order valence-electron chi connectivity index (χ0n) is 13.3. The Kier molecular flexibility index (Phi) is 7.76. The minimum Gasteiger partial charge on any atom is -0.456 e. The van der Waals surface area contributed by atoms with Crippen LogP contribution in [0.3, 0.4) is 0 Å². The molecular formula is C18H17ClFNO3S. The molecule has 2 aromatic carbocycles. The lowest BCUT2D eigenvalue weighted by atomic mass is 10.2. The van der Waals surface area contributed by atoms with E-state index in [9.17, 15) is 14.0 Å². The van der Waals surface area contributed by atoms with Crippen molar-refractivity contribution in [2.24, 2.45) is 0 Å². The topological polar surface area (TPSA) is 55.4 Å². The Morgan fingerprint density at radius 3 is 2.56 bits per heavy atom. The van der Waals surface area contributed by atoms with E-state index in [0.717, 1.165) is 10.5 Å². The molecule has 0 aromatic heterocycles. The van der Waals surface area contributed by atoms with Gasteiger partial charge in [-0.05, 0) is 35.9 Å². The summed E-state index contributed by atoms with van der Waals surface area (Å²) >= 11 is 7.41. The zero-order valence-corrected chi connectivity index (χ0v) is 14.9. The molecule has 0 unspecified atom stereocenters. The lowest BCUT2D eigenvalue weighted by Gasteiger charge is -2.08. The number of esters is 1. The molecule has 0 saturated carbocycles. The molecule has 1 N–H and O–H groups in total. The predicted molar refractivity (Wildman–Crippen MR) is 96.0 cm³/mol. The van der Waals surface area contributed by atoms with Gasteiger partial charge in [-0.3, -0.25) is 9.59 Å². The first-order chi connectivity index (χ1) is 12.0. The van der Waals surface area contributed by atoms with Crippen molar-refractivity contribution in [3.63, 3.8) is 0 Å². The highest BCUT2D eigenvalue weighted by atomic mass is 35.5. The number of benzene rings is 2. The maximum atomic E-state index is 12.8. The van der Waals surface area contributed by atoms with Crippen molar-refractivity contribution >= 4 is 35.2 Å². The Morgan fingerprint density at radius 2 is 1.84 bits per heavy atom. The number of nitrogens with one attached hydrogen (secondary N) is 1. The quantitative estimate of drug-likeness (QED) is 0.558. The molecular weight excluding hydrogens is 365 g/mol. The van der Waals surface area contributed by atoms with Crippen molar-refractivity contribution < 1.29 is 18.7 Å². The summed E-state index contributed by atoms with van der Waals surface area (Å²) in [5.41, 5.74) is 0.791. The molecule has 0 aliphatic carbocycles. The van der Waals surface area contributed by atoms with Gasteiger partial charge in [-0.2, -0.15) is 0 Å². The molecule has 0 atom stereocenters. The van der Waals surface area contributed by atoms with Crippen LogP contribution < -0.4 is 5.32 Å². The Bertz CT molecular complexity index is 725. The molecule has 1 amide bonds. The van der Waals surface area contributed by atoms with Gasteiger partial charge in [0.25, 0.3) is 5.91 Å². The fourth-order valence-corrected chi connectivity index (χ4v) is 2.92. The standard InChI is InChI=1S/C18H17ClFNO3S/c19-16-4-2-1-3-13(16)11-21-17(22)12-24-18(23)9-10-25-15-7-5-14(20)6-8-15/h1-8H,9-12H2,(H,21,22). The van der Waals surface area contributed by atoms with Gasteiger partial charge in [-0.25, -0.2) is 4.39 Å². The average Bonchev–Trinajstić information content (AvgIpc) is 2.61. The van der Waals surface area contributed by atoms with Crippen molar-refractivity contribution in [1.29, 1.82) is 0 Å². The average molecular weight is 382 g/mol. The highest BCUT2D eigenvalue weighted by Crippen LogP contribution is 2.19. The molecule has 132 valence electrons. The van der Waals surface area contributed by atoms with Crippen LogP contribution in [-0.2, 0) is 20.9 Å². The van der Waals surface area contributed by atoms with Crippen LogP contribution in [-0.4, -0.2) is 24.2 Å². The number of ether oxygens (including phenoxy) is 1. The van der Waals surface area contributed by atoms with Crippen LogP contribution in [0.4, 0.5) is 4.39 Å². The van der Waals surface area contributed by atoms with Gasteiger partial charge >= 0.3 is 5.97 Å². The van der Waals surface area contributed by atoms with E-state index >= 15 is 0 Å². The second kappa shape index (κ2) is 10.1. The maximum absolute atomic E-state index is 12.8. The van der Waals surface area contributed by atoms with Gasteiger partial charge in [0.15, 0.2) is 6.61 Å². The second-order valence-corrected chi connectivity index (χ2v) is 6.66. The first-order valence-electron chi connectivity index (χ1n) is 7.58. The zero-order chi connectivity index (χ0) is 18.1. The number of carbonyl (C=O) groups excluding carboxylic acids is 2. The molecule has 0 bridgehead atoms. The van der Waals surface area contributed by atoms with Crippen LogP contribution in [0.25, 0.3) is 0 Å². The van der Waals surface area contributed by atoms with Gasteiger partial charge in [0.1, 0.15) is 5.82 Å². The first-order valence-corrected chi connectivity index (χ1v) is 8.95. The van der Waals surface area contributed by atoms with Crippen molar-refractivity contribution in [2.45, 2.75) is 17.9 Å². The first kappa shape index (κ1) is 19.3. The summed E-state index contributed by atoms with van der Waals surface area (Å²) < 4.78 is 17.7. The molecule has 4 nitrogen and oxygen atoms in total. The lowest BCUT2D eigenvalue weighted by molar-refractivity contribution is -0.148. The number of rotatable bonds is 8. The van der Waals surface area contributed by atoms with Crippen molar-refractivity contribution in [3.05, 3.63) is 64.9 Å². The number of carbonyl (C=O) groups is 2. The molecule has 0 spiro atoms. The fourth-order valence-electron chi connectivity index (χ4n) is 1.89. The van der Waals surface area contributed by atoms with Crippen molar-refractivity contribution in [3.8, 4) is 0 Å². The third-order valence-corrected chi connectivity index (χ3v) is 4.57. The summed E-state index contributed by atoms with van der Waals surface area (Å²) in [4.78, 5) is 24.2. The number of halogens is 2. The Labute approximate surface area is 154 Å². The van der Waals surface area contributed by atoms with Gasteiger partial charge in [0.2, 0.25) is 0 Å². The molecule has 2 aromatic rings. The Balaban J connectivity index is 1.61. The normalized spacial score (nSPS) is 10.3. The number of amides is 1. The van der Waals surface area contributed by atoms with Gasteiger partial charge < -0.3 is 10.1 Å². The van der Waals surface area contributed by atoms with Gasteiger partial charge in [-0.15, -0.1) is 11.8 Å².